The molecule has 0 bridgehead atoms. The number of nitrogens with zero attached hydrogens (tertiary/aromatic N) is 1. The maximum atomic E-state index is 13.0. The molecule has 1 unspecified atom stereocenters. The van der Waals surface area contributed by atoms with Gasteiger partial charge in [0.15, 0.2) is 0 Å². The summed E-state index contributed by atoms with van der Waals surface area (Å²) in [4.78, 5) is 12.9. The van der Waals surface area contributed by atoms with Gasteiger partial charge in [-0.3, -0.25) is 4.79 Å². The van der Waals surface area contributed by atoms with Crippen LogP contribution in [0.5, 0.6) is 5.75 Å². The molecule has 1 aliphatic rings. The Balaban J connectivity index is 1.75. The van der Waals surface area contributed by atoms with Crippen molar-refractivity contribution in [3.63, 3.8) is 0 Å². The van der Waals surface area contributed by atoms with Gasteiger partial charge in [0.25, 0.3) is 0 Å². The second-order valence-electron chi connectivity index (χ2n) is 6.81. The first-order valence-corrected chi connectivity index (χ1v) is 10.8. The van der Waals surface area contributed by atoms with E-state index in [0.717, 1.165) is 6.07 Å². The third kappa shape index (κ3) is 5.31. The number of nitrogens with one attached hydrogen (secondary N) is 1. The standard InChI is InChI=1S/C20H21F3N2O4S/c21-20(22,23)29-18-12-5-4-8-15(18)14-24-19(26)17-11-6-7-13-25(17)30(27,28)16-9-2-1-3-10-16/h1-5,8-10,12,17H,6-7,11,13-14H2,(H,24,26). The van der Waals surface area contributed by atoms with Crippen LogP contribution in [0.1, 0.15) is 24.8 Å². The fraction of sp³-hybridized carbons (Fsp3) is 0.350. The van der Waals surface area contributed by atoms with E-state index in [1.807, 2.05) is 0 Å². The minimum absolute atomic E-state index is 0.0913. The van der Waals surface area contributed by atoms with Gasteiger partial charge in [-0.2, -0.15) is 4.31 Å². The van der Waals surface area contributed by atoms with Gasteiger partial charge in [0.2, 0.25) is 15.9 Å². The third-order valence-corrected chi connectivity index (χ3v) is 6.68. The van der Waals surface area contributed by atoms with Gasteiger partial charge in [0.1, 0.15) is 11.8 Å². The van der Waals surface area contributed by atoms with Crippen LogP contribution in [0.15, 0.2) is 59.5 Å². The van der Waals surface area contributed by atoms with Crippen molar-refractivity contribution in [3.05, 3.63) is 60.2 Å². The topological polar surface area (TPSA) is 75.7 Å². The van der Waals surface area contributed by atoms with Crippen molar-refractivity contribution in [1.29, 1.82) is 0 Å². The predicted molar refractivity (Wildman–Crippen MR) is 103 cm³/mol. The first-order valence-electron chi connectivity index (χ1n) is 9.37. The fourth-order valence-corrected chi connectivity index (χ4v) is 5.03. The molecule has 162 valence electrons. The predicted octanol–water partition coefficient (Wildman–Crippen LogP) is 3.44. The Kier molecular flexibility index (Phi) is 6.67. The molecule has 6 nitrogen and oxygen atoms in total. The lowest BCUT2D eigenvalue weighted by atomic mass is 10.0. The smallest absolute Gasteiger partial charge is 0.405 e. The van der Waals surface area contributed by atoms with Crippen molar-refractivity contribution >= 4 is 15.9 Å². The number of carbonyl (C=O) groups is 1. The van der Waals surface area contributed by atoms with E-state index in [2.05, 4.69) is 10.1 Å². The lowest BCUT2D eigenvalue weighted by Crippen LogP contribution is -2.51. The molecule has 0 spiro atoms. The average molecular weight is 442 g/mol. The zero-order chi connectivity index (χ0) is 21.8. The first kappa shape index (κ1) is 22.1. The van der Waals surface area contributed by atoms with Crippen LogP contribution in [0, 0.1) is 0 Å². The fourth-order valence-electron chi connectivity index (χ4n) is 3.36. The molecule has 3 rings (SSSR count). The summed E-state index contributed by atoms with van der Waals surface area (Å²) < 4.78 is 68.8. The van der Waals surface area contributed by atoms with Gasteiger partial charge in [0, 0.05) is 18.7 Å². The van der Waals surface area contributed by atoms with E-state index in [9.17, 15) is 26.4 Å². The van der Waals surface area contributed by atoms with Crippen molar-refractivity contribution in [2.24, 2.45) is 0 Å². The number of para-hydroxylation sites is 1. The van der Waals surface area contributed by atoms with Gasteiger partial charge in [-0.1, -0.05) is 42.8 Å². The molecule has 1 N–H and O–H groups in total. The van der Waals surface area contributed by atoms with Gasteiger partial charge in [-0.25, -0.2) is 8.42 Å². The molecular formula is C20H21F3N2O4S. The van der Waals surface area contributed by atoms with E-state index in [0.29, 0.717) is 19.3 Å². The first-order chi connectivity index (χ1) is 14.2. The molecule has 1 fully saturated rings. The Morgan fingerprint density at radius 3 is 2.43 bits per heavy atom. The highest BCUT2D eigenvalue weighted by Gasteiger charge is 2.37. The quantitative estimate of drug-likeness (QED) is 0.744. The third-order valence-electron chi connectivity index (χ3n) is 4.76. The second kappa shape index (κ2) is 9.05. The van der Waals surface area contributed by atoms with Crippen molar-refractivity contribution in [1.82, 2.24) is 9.62 Å². The maximum absolute atomic E-state index is 13.0. The molecule has 1 amide bonds. The monoisotopic (exact) mass is 442 g/mol. The molecule has 1 aliphatic heterocycles. The number of piperidine rings is 1. The second-order valence-corrected chi connectivity index (χ2v) is 8.70. The van der Waals surface area contributed by atoms with Crippen LogP contribution in [-0.2, 0) is 21.4 Å². The average Bonchev–Trinajstić information content (AvgIpc) is 2.72. The van der Waals surface area contributed by atoms with Crippen LogP contribution in [0.4, 0.5) is 13.2 Å². The Bertz CT molecular complexity index is 981. The van der Waals surface area contributed by atoms with E-state index in [4.69, 9.17) is 0 Å². The summed E-state index contributed by atoms with van der Waals surface area (Å²) in [5.41, 5.74) is 0.136. The van der Waals surface area contributed by atoms with Gasteiger partial charge in [0.05, 0.1) is 4.90 Å². The Morgan fingerprint density at radius 2 is 1.73 bits per heavy atom. The molecule has 0 aliphatic carbocycles. The number of ether oxygens (including phenoxy) is 1. The lowest BCUT2D eigenvalue weighted by molar-refractivity contribution is -0.274. The van der Waals surface area contributed by atoms with E-state index < -0.39 is 34.1 Å². The summed E-state index contributed by atoms with van der Waals surface area (Å²) in [6.45, 7) is -0.0239. The highest BCUT2D eigenvalue weighted by atomic mass is 32.2. The zero-order valence-electron chi connectivity index (χ0n) is 15.9. The van der Waals surface area contributed by atoms with Crippen LogP contribution >= 0.6 is 0 Å². The number of rotatable bonds is 6. The van der Waals surface area contributed by atoms with E-state index in [1.54, 1.807) is 18.2 Å². The Labute approximate surface area is 172 Å². The molecule has 10 heteroatoms. The number of alkyl halides is 3. The number of benzene rings is 2. The molecule has 0 saturated carbocycles. The SMILES string of the molecule is O=C(NCc1ccccc1OC(F)(F)F)C1CCCCN1S(=O)(=O)c1ccccc1. The molecule has 30 heavy (non-hydrogen) atoms. The van der Waals surface area contributed by atoms with Crippen molar-refractivity contribution < 1.29 is 31.1 Å². The Hall–Kier alpha value is -2.59. The minimum Gasteiger partial charge on any atom is -0.405 e. The van der Waals surface area contributed by atoms with Crippen molar-refractivity contribution in [3.8, 4) is 5.75 Å². The number of hydrogen-bond acceptors (Lipinski definition) is 4. The summed E-state index contributed by atoms with van der Waals surface area (Å²) in [5, 5.41) is 2.56. The van der Waals surface area contributed by atoms with Crippen LogP contribution in [0.25, 0.3) is 0 Å². The normalized spacial score (nSPS) is 18.0. The van der Waals surface area contributed by atoms with Crippen LogP contribution in [-0.4, -0.2) is 37.6 Å². The molecule has 1 atom stereocenters. The van der Waals surface area contributed by atoms with Crippen molar-refractivity contribution in [2.75, 3.05) is 6.54 Å². The number of sulfonamides is 1. The van der Waals surface area contributed by atoms with Crippen molar-refractivity contribution in [2.45, 2.75) is 43.1 Å². The van der Waals surface area contributed by atoms with Crippen LogP contribution in [0.2, 0.25) is 0 Å². The number of hydrogen-bond donors (Lipinski definition) is 1. The largest absolute Gasteiger partial charge is 0.573 e. The molecule has 2 aromatic rings. The summed E-state index contributed by atoms with van der Waals surface area (Å²) in [7, 11) is -3.87. The van der Waals surface area contributed by atoms with Gasteiger partial charge in [-0.15, -0.1) is 13.2 Å². The molecule has 1 saturated heterocycles. The van der Waals surface area contributed by atoms with Crippen LogP contribution in [0.3, 0.4) is 0 Å². The summed E-state index contributed by atoms with van der Waals surface area (Å²) in [5.74, 6) is -0.973. The zero-order valence-corrected chi connectivity index (χ0v) is 16.7. The molecule has 0 aromatic heterocycles. The lowest BCUT2D eigenvalue weighted by Gasteiger charge is -2.33. The highest BCUT2D eigenvalue weighted by molar-refractivity contribution is 7.89. The summed E-state index contributed by atoms with van der Waals surface area (Å²) in [6, 6.07) is 12.4. The molecule has 0 radical (unpaired) electrons. The maximum Gasteiger partial charge on any atom is 0.573 e. The van der Waals surface area contributed by atoms with Gasteiger partial charge >= 0.3 is 6.36 Å². The summed E-state index contributed by atoms with van der Waals surface area (Å²) >= 11 is 0. The molecule has 2 aromatic carbocycles. The highest BCUT2D eigenvalue weighted by Crippen LogP contribution is 2.27. The number of halogens is 3. The minimum atomic E-state index is -4.86. The van der Waals surface area contributed by atoms with Crippen LogP contribution < -0.4 is 10.1 Å². The van der Waals surface area contributed by atoms with E-state index in [1.165, 1.54) is 34.6 Å². The molecular weight excluding hydrogens is 421 g/mol. The number of amides is 1. The van der Waals surface area contributed by atoms with E-state index in [-0.39, 0.29) is 23.5 Å². The summed E-state index contributed by atoms with van der Waals surface area (Å²) in [6.07, 6.45) is -3.23. The van der Waals surface area contributed by atoms with E-state index >= 15 is 0 Å². The number of carbonyl (C=O) groups excluding carboxylic acids is 1. The van der Waals surface area contributed by atoms with Gasteiger partial charge in [-0.05, 0) is 31.0 Å². The molecule has 1 heterocycles. The van der Waals surface area contributed by atoms with Gasteiger partial charge < -0.3 is 10.1 Å². The Morgan fingerprint density at radius 1 is 1.07 bits per heavy atom.